The molecule has 0 fully saturated rings. The van der Waals surface area contributed by atoms with Crippen molar-refractivity contribution in [2.24, 2.45) is 7.05 Å². The fourth-order valence-corrected chi connectivity index (χ4v) is 2.70. The Labute approximate surface area is 116 Å². The predicted molar refractivity (Wildman–Crippen MR) is 78.4 cm³/mol. The zero-order valence-corrected chi connectivity index (χ0v) is 11.9. The highest BCUT2D eigenvalue weighted by atomic mass is 35.5. The lowest BCUT2D eigenvalue weighted by Gasteiger charge is -2.03. The van der Waals surface area contributed by atoms with E-state index in [4.69, 9.17) is 11.6 Å². The molecule has 3 nitrogen and oxygen atoms in total. The van der Waals surface area contributed by atoms with Crippen LogP contribution in [0.1, 0.15) is 11.4 Å². The number of rotatable bonds is 1. The van der Waals surface area contributed by atoms with Gasteiger partial charge in [0.05, 0.1) is 16.2 Å². The first-order valence-corrected chi connectivity index (χ1v) is 6.50. The molecule has 0 atom stereocenters. The molecule has 1 aromatic carbocycles. The second-order valence-electron chi connectivity index (χ2n) is 4.74. The molecule has 0 aliphatic carbocycles. The van der Waals surface area contributed by atoms with Crippen LogP contribution in [0.15, 0.2) is 30.6 Å². The molecule has 0 saturated carbocycles. The van der Waals surface area contributed by atoms with Crippen LogP contribution in [0.5, 0.6) is 0 Å². The van der Waals surface area contributed by atoms with Crippen molar-refractivity contribution < 1.29 is 0 Å². The number of aryl methyl sites for hydroxylation is 3. The van der Waals surface area contributed by atoms with Gasteiger partial charge in [0.15, 0.2) is 0 Å². The fourth-order valence-electron chi connectivity index (χ4n) is 2.51. The minimum atomic E-state index is 0.583. The summed E-state index contributed by atoms with van der Waals surface area (Å²) in [6, 6.07) is 6.27. The summed E-state index contributed by atoms with van der Waals surface area (Å²) >= 11 is 6.25. The first kappa shape index (κ1) is 12.2. The average Bonchev–Trinajstić information content (AvgIpc) is 2.71. The Kier molecular flexibility index (Phi) is 2.79. The van der Waals surface area contributed by atoms with Gasteiger partial charge in [-0.15, -0.1) is 0 Å². The van der Waals surface area contributed by atoms with Crippen LogP contribution in [-0.4, -0.2) is 14.5 Å². The maximum absolute atomic E-state index is 6.25. The van der Waals surface area contributed by atoms with E-state index in [-0.39, 0.29) is 0 Å². The second kappa shape index (κ2) is 4.35. The first-order chi connectivity index (χ1) is 9.08. The molecule has 0 aliphatic rings. The Bertz CT molecular complexity index is 774. The van der Waals surface area contributed by atoms with Gasteiger partial charge >= 0.3 is 0 Å². The third-order valence-electron chi connectivity index (χ3n) is 3.32. The van der Waals surface area contributed by atoms with Crippen molar-refractivity contribution >= 4 is 22.5 Å². The van der Waals surface area contributed by atoms with E-state index in [0.29, 0.717) is 5.02 Å². The van der Waals surface area contributed by atoms with Crippen LogP contribution in [-0.2, 0) is 7.05 Å². The van der Waals surface area contributed by atoms with E-state index < -0.39 is 0 Å². The number of benzene rings is 1. The number of hydrogen-bond donors (Lipinski definition) is 0. The zero-order valence-electron chi connectivity index (χ0n) is 11.1. The molecule has 3 rings (SSSR count). The monoisotopic (exact) mass is 271 g/mol. The molecule has 96 valence electrons. The van der Waals surface area contributed by atoms with Gasteiger partial charge in [0.25, 0.3) is 0 Å². The lowest BCUT2D eigenvalue weighted by Crippen LogP contribution is -1.91. The molecule has 0 aliphatic heterocycles. The van der Waals surface area contributed by atoms with E-state index in [1.54, 1.807) is 6.20 Å². The van der Waals surface area contributed by atoms with Gasteiger partial charge in [-0.1, -0.05) is 29.8 Å². The molecule has 4 heteroatoms. The van der Waals surface area contributed by atoms with Gasteiger partial charge in [0.1, 0.15) is 5.82 Å². The number of para-hydroxylation sites is 1. The van der Waals surface area contributed by atoms with Gasteiger partial charge in [-0.05, 0) is 19.4 Å². The van der Waals surface area contributed by atoms with Gasteiger partial charge in [0, 0.05) is 30.4 Å². The van der Waals surface area contributed by atoms with Crippen molar-refractivity contribution in [3.8, 4) is 11.3 Å². The van der Waals surface area contributed by atoms with Crippen LogP contribution in [0.2, 0.25) is 5.02 Å². The fraction of sp³-hybridized carbons (Fsp3) is 0.200. The number of halogens is 1. The molecule has 2 aromatic heterocycles. The molecule has 3 aromatic rings. The van der Waals surface area contributed by atoms with E-state index in [1.807, 2.05) is 14.0 Å². The topological polar surface area (TPSA) is 30.7 Å². The highest BCUT2D eigenvalue weighted by molar-refractivity contribution is 6.33. The van der Waals surface area contributed by atoms with Gasteiger partial charge in [0.2, 0.25) is 0 Å². The quantitative estimate of drug-likeness (QED) is 0.672. The summed E-state index contributed by atoms with van der Waals surface area (Å²) < 4.78 is 2.12. The molecular weight excluding hydrogens is 258 g/mol. The van der Waals surface area contributed by atoms with E-state index in [1.165, 1.54) is 16.5 Å². The minimum Gasteiger partial charge on any atom is -0.350 e. The molecule has 0 amide bonds. The van der Waals surface area contributed by atoms with E-state index in [2.05, 4.69) is 45.9 Å². The number of aromatic nitrogens is 3. The lowest BCUT2D eigenvalue weighted by atomic mass is 10.1. The molecule has 0 N–H and O–H groups in total. The average molecular weight is 272 g/mol. The van der Waals surface area contributed by atoms with E-state index >= 15 is 0 Å². The first-order valence-electron chi connectivity index (χ1n) is 6.12. The molecule has 0 bridgehead atoms. The largest absolute Gasteiger partial charge is 0.350 e. The van der Waals surface area contributed by atoms with Crippen molar-refractivity contribution in [3.05, 3.63) is 47.0 Å². The van der Waals surface area contributed by atoms with Crippen molar-refractivity contribution in [3.63, 3.8) is 0 Å². The van der Waals surface area contributed by atoms with Crippen LogP contribution in [0.4, 0.5) is 0 Å². The Morgan fingerprint density at radius 2 is 2.00 bits per heavy atom. The van der Waals surface area contributed by atoms with Crippen LogP contribution in [0.3, 0.4) is 0 Å². The summed E-state index contributed by atoms with van der Waals surface area (Å²) in [6.45, 7) is 3.98. The molecule has 0 spiro atoms. The van der Waals surface area contributed by atoms with Gasteiger partial charge in [-0.3, -0.25) is 0 Å². The maximum Gasteiger partial charge on any atom is 0.125 e. The highest BCUT2D eigenvalue weighted by Crippen LogP contribution is 2.34. The van der Waals surface area contributed by atoms with Crippen LogP contribution in [0, 0.1) is 13.8 Å². The van der Waals surface area contributed by atoms with Crippen molar-refractivity contribution in [1.82, 2.24) is 14.5 Å². The Balaban J connectivity index is 2.38. The molecular formula is C15H14ClN3. The summed E-state index contributed by atoms with van der Waals surface area (Å²) in [4.78, 5) is 8.60. The van der Waals surface area contributed by atoms with E-state index in [9.17, 15) is 0 Å². The molecule has 0 radical (unpaired) electrons. The Hall–Kier alpha value is -1.87. The van der Waals surface area contributed by atoms with Crippen LogP contribution >= 0.6 is 11.6 Å². The Morgan fingerprint density at radius 3 is 2.79 bits per heavy atom. The van der Waals surface area contributed by atoms with Gasteiger partial charge in [-0.2, -0.15) is 0 Å². The van der Waals surface area contributed by atoms with Gasteiger partial charge in [-0.25, -0.2) is 9.97 Å². The number of nitrogens with zero attached hydrogens (tertiary/aromatic N) is 3. The lowest BCUT2D eigenvalue weighted by molar-refractivity contribution is 0.963. The molecule has 0 saturated heterocycles. The van der Waals surface area contributed by atoms with E-state index in [0.717, 1.165) is 17.1 Å². The normalized spacial score (nSPS) is 11.2. The SMILES string of the molecule is Cc1ncc(Cl)c(-c2cn(C)c3c(C)cccc23)n1. The second-order valence-corrected chi connectivity index (χ2v) is 5.15. The summed E-state index contributed by atoms with van der Waals surface area (Å²) in [5.41, 5.74) is 4.31. The maximum atomic E-state index is 6.25. The summed E-state index contributed by atoms with van der Waals surface area (Å²) in [6.07, 6.45) is 3.74. The highest BCUT2D eigenvalue weighted by Gasteiger charge is 2.14. The van der Waals surface area contributed by atoms with Crippen LogP contribution < -0.4 is 0 Å². The summed E-state index contributed by atoms with van der Waals surface area (Å²) in [5.74, 6) is 0.726. The number of fused-ring (bicyclic) bond motifs is 1. The predicted octanol–water partition coefficient (Wildman–Crippen LogP) is 3.91. The van der Waals surface area contributed by atoms with Crippen molar-refractivity contribution in [2.75, 3.05) is 0 Å². The number of hydrogen-bond acceptors (Lipinski definition) is 2. The van der Waals surface area contributed by atoms with Crippen LogP contribution in [0.25, 0.3) is 22.2 Å². The third kappa shape index (κ3) is 1.90. The zero-order chi connectivity index (χ0) is 13.6. The summed E-state index contributed by atoms with van der Waals surface area (Å²) in [7, 11) is 2.04. The van der Waals surface area contributed by atoms with Gasteiger partial charge < -0.3 is 4.57 Å². The minimum absolute atomic E-state index is 0.583. The molecule has 2 heterocycles. The Morgan fingerprint density at radius 1 is 1.21 bits per heavy atom. The van der Waals surface area contributed by atoms with Crippen molar-refractivity contribution in [1.29, 1.82) is 0 Å². The molecule has 0 unspecified atom stereocenters. The third-order valence-corrected chi connectivity index (χ3v) is 3.60. The van der Waals surface area contributed by atoms with Crippen molar-refractivity contribution in [2.45, 2.75) is 13.8 Å². The molecule has 19 heavy (non-hydrogen) atoms. The summed E-state index contributed by atoms with van der Waals surface area (Å²) in [5, 5.41) is 1.75. The smallest absolute Gasteiger partial charge is 0.125 e. The standard InChI is InChI=1S/C15H14ClN3/c1-9-5-4-6-11-12(8-19(3)15(9)11)14-13(16)7-17-10(2)18-14/h4-8H,1-3H3.